The lowest BCUT2D eigenvalue weighted by Gasteiger charge is -2.08. The summed E-state index contributed by atoms with van der Waals surface area (Å²) >= 11 is 3.41. The molecule has 0 aromatic heterocycles. The van der Waals surface area contributed by atoms with Gasteiger partial charge in [-0.05, 0) is 37.3 Å². The number of halogens is 1. The highest BCUT2D eigenvalue weighted by atomic mass is 79.9. The molecule has 0 radical (unpaired) electrons. The maximum absolute atomic E-state index is 11.9. The quantitative estimate of drug-likeness (QED) is 0.357. The van der Waals surface area contributed by atoms with Gasteiger partial charge in [-0.2, -0.15) is 0 Å². The van der Waals surface area contributed by atoms with Crippen LogP contribution >= 0.6 is 15.9 Å². The third-order valence-corrected chi connectivity index (χ3v) is 4.06. The van der Waals surface area contributed by atoms with E-state index in [4.69, 9.17) is 0 Å². The van der Waals surface area contributed by atoms with Crippen LogP contribution in [-0.4, -0.2) is 22.7 Å². The Kier molecular flexibility index (Phi) is 6.64. The van der Waals surface area contributed by atoms with Crippen molar-refractivity contribution in [3.05, 3.63) is 39.4 Å². The molecule has 5 nitrogen and oxygen atoms in total. The smallest absolute Gasteiger partial charge is 0.270 e. The van der Waals surface area contributed by atoms with Gasteiger partial charge < -0.3 is 5.32 Å². The van der Waals surface area contributed by atoms with Gasteiger partial charge in [-0.3, -0.25) is 14.9 Å². The summed E-state index contributed by atoms with van der Waals surface area (Å²) in [6.45, 7) is 4.46. The van der Waals surface area contributed by atoms with Crippen LogP contribution in [-0.2, 0) is 0 Å². The molecule has 0 aliphatic rings. The van der Waals surface area contributed by atoms with Crippen LogP contribution in [0.25, 0.3) is 0 Å². The van der Waals surface area contributed by atoms with E-state index in [-0.39, 0.29) is 11.6 Å². The molecule has 0 heterocycles. The number of alkyl halides is 1. The fraction of sp³-hybridized carbons (Fsp3) is 0.500. The van der Waals surface area contributed by atoms with E-state index in [1.807, 2.05) is 0 Å². The van der Waals surface area contributed by atoms with Gasteiger partial charge in [-0.25, -0.2) is 0 Å². The summed E-state index contributed by atoms with van der Waals surface area (Å²) in [6.07, 6.45) is 1.92. The van der Waals surface area contributed by atoms with Crippen molar-refractivity contribution in [2.45, 2.75) is 26.7 Å². The monoisotopic (exact) mass is 342 g/mol. The Morgan fingerprint density at radius 1 is 1.45 bits per heavy atom. The first-order valence-corrected chi connectivity index (χ1v) is 7.66. The first-order chi connectivity index (χ1) is 9.43. The molecule has 0 fully saturated rings. The molecule has 0 bridgehead atoms. The van der Waals surface area contributed by atoms with E-state index < -0.39 is 4.92 Å². The molecule has 1 unspecified atom stereocenters. The minimum Gasteiger partial charge on any atom is -0.352 e. The number of aryl methyl sites for hydroxylation is 1. The topological polar surface area (TPSA) is 72.2 Å². The van der Waals surface area contributed by atoms with E-state index in [1.165, 1.54) is 12.1 Å². The largest absolute Gasteiger partial charge is 0.352 e. The number of hydrogen-bond acceptors (Lipinski definition) is 3. The minimum atomic E-state index is -0.485. The van der Waals surface area contributed by atoms with Crippen molar-refractivity contribution >= 4 is 27.5 Å². The lowest BCUT2D eigenvalue weighted by atomic mass is 10.1. The van der Waals surface area contributed by atoms with Crippen molar-refractivity contribution in [3.8, 4) is 0 Å². The van der Waals surface area contributed by atoms with Crippen molar-refractivity contribution < 1.29 is 9.72 Å². The Morgan fingerprint density at radius 2 is 2.15 bits per heavy atom. The second-order valence-electron chi connectivity index (χ2n) is 4.97. The van der Waals surface area contributed by atoms with Gasteiger partial charge in [0.1, 0.15) is 0 Å². The summed E-state index contributed by atoms with van der Waals surface area (Å²) < 4.78 is 0. The number of carbonyl (C=O) groups is 1. The highest BCUT2D eigenvalue weighted by molar-refractivity contribution is 9.09. The summed E-state index contributed by atoms with van der Waals surface area (Å²) in [5, 5.41) is 14.5. The molecule has 1 aromatic rings. The molecular formula is C14H19BrN2O3. The maximum Gasteiger partial charge on any atom is 0.270 e. The van der Waals surface area contributed by atoms with E-state index in [0.29, 0.717) is 23.6 Å². The lowest BCUT2D eigenvalue weighted by molar-refractivity contribution is -0.384. The van der Waals surface area contributed by atoms with Crippen LogP contribution < -0.4 is 5.32 Å². The van der Waals surface area contributed by atoms with Gasteiger partial charge in [0.15, 0.2) is 0 Å². The predicted octanol–water partition coefficient (Wildman–Crippen LogP) is 3.44. The van der Waals surface area contributed by atoms with Crippen LogP contribution in [0.15, 0.2) is 18.2 Å². The number of benzene rings is 1. The van der Waals surface area contributed by atoms with Crippen molar-refractivity contribution in [3.63, 3.8) is 0 Å². The summed E-state index contributed by atoms with van der Waals surface area (Å²) in [5.74, 6) is 0.315. The van der Waals surface area contributed by atoms with Gasteiger partial charge in [0.25, 0.3) is 11.6 Å². The number of hydrogen-bond donors (Lipinski definition) is 1. The van der Waals surface area contributed by atoms with Crippen LogP contribution in [0.5, 0.6) is 0 Å². The zero-order valence-electron chi connectivity index (χ0n) is 11.7. The molecule has 0 saturated heterocycles. The minimum absolute atomic E-state index is 0.0527. The van der Waals surface area contributed by atoms with Gasteiger partial charge in [-0.1, -0.05) is 22.9 Å². The predicted molar refractivity (Wildman–Crippen MR) is 82.4 cm³/mol. The Morgan fingerprint density at radius 3 is 2.75 bits per heavy atom. The maximum atomic E-state index is 11.9. The van der Waals surface area contributed by atoms with Gasteiger partial charge >= 0.3 is 0 Å². The van der Waals surface area contributed by atoms with Gasteiger partial charge in [0.05, 0.1) is 4.92 Å². The zero-order chi connectivity index (χ0) is 15.1. The lowest BCUT2D eigenvalue weighted by Crippen LogP contribution is -2.25. The molecule has 0 aliphatic heterocycles. The van der Waals surface area contributed by atoms with E-state index in [1.54, 1.807) is 13.0 Å². The second-order valence-corrected chi connectivity index (χ2v) is 5.62. The van der Waals surface area contributed by atoms with Crippen LogP contribution in [0.2, 0.25) is 0 Å². The number of nitrogens with one attached hydrogen (secondary N) is 1. The summed E-state index contributed by atoms with van der Waals surface area (Å²) in [7, 11) is 0. The van der Waals surface area contributed by atoms with Crippen molar-refractivity contribution in [1.29, 1.82) is 0 Å². The molecule has 1 amide bonds. The number of nitro benzene ring substituents is 1. The van der Waals surface area contributed by atoms with Gasteiger partial charge in [0, 0.05) is 29.6 Å². The number of carbonyl (C=O) groups excluding carboxylic acids is 1. The zero-order valence-corrected chi connectivity index (χ0v) is 13.3. The molecule has 0 saturated carbocycles. The molecule has 1 N–H and O–H groups in total. The third-order valence-electron chi connectivity index (χ3n) is 2.96. The van der Waals surface area contributed by atoms with E-state index in [0.717, 1.165) is 18.2 Å². The second kappa shape index (κ2) is 7.99. The van der Waals surface area contributed by atoms with Crippen molar-refractivity contribution in [2.24, 2.45) is 5.92 Å². The van der Waals surface area contributed by atoms with Crippen molar-refractivity contribution in [1.82, 2.24) is 5.32 Å². The molecule has 0 aliphatic carbocycles. The normalized spacial score (nSPS) is 11.9. The average molecular weight is 343 g/mol. The van der Waals surface area contributed by atoms with Crippen LogP contribution in [0.3, 0.4) is 0 Å². The Labute approximate surface area is 127 Å². The summed E-state index contributed by atoms with van der Waals surface area (Å²) in [6, 6.07) is 4.42. The molecule has 6 heteroatoms. The van der Waals surface area contributed by atoms with Gasteiger partial charge in [0.2, 0.25) is 0 Å². The van der Waals surface area contributed by atoms with Crippen LogP contribution in [0.4, 0.5) is 5.69 Å². The van der Waals surface area contributed by atoms with E-state index >= 15 is 0 Å². The summed E-state index contributed by atoms with van der Waals surface area (Å²) in [5.41, 5.74) is 0.991. The standard InChI is InChI=1S/C14H19BrN2O3/c1-10(9-15)4-3-5-16-14(18)12-6-11(2)7-13(8-12)17(19)20/h6-8,10H,3-5,9H2,1-2H3,(H,16,18). The molecular weight excluding hydrogens is 324 g/mol. The van der Waals surface area contributed by atoms with Crippen molar-refractivity contribution in [2.75, 3.05) is 11.9 Å². The number of nitro groups is 1. The average Bonchev–Trinajstić information content (AvgIpc) is 2.42. The Hall–Kier alpha value is -1.43. The molecule has 110 valence electrons. The van der Waals surface area contributed by atoms with E-state index in [2.05, 4.69) is 28.2 Å². The fourth-order valence-corrected chi connectivity index (χ4v) is 2.15. The SMILES string of the molecule is Cc1cc(C(=O)NCCCC(C)CBr)cc([N+](=O)[O-])c1. The number of amides is 1. The molecule has 1 rings (SSSR count). The number of rotatable bonds is 7. The first kappa shape index (κ1) is 16.6. The summed E-state index contributed by atoms with van der Waals surface area (Å²) in [4.78, 5) is 22.2. The molecule has 20 heavy (non-hydrogen) atoms. The van der Waals surface area contributed by atoms with Gasteiger partial charge in [-0.15, -0.1) is 0 Å². The first-order valence-electron chi connectivity index (χ1n) is 6.54. The highest BCUT2D eigenvalue weighted by Crippen LogP contribution is 2.16. The van der Waals surface area contributed by atoms with Crippen LogP contribution in [0, 0.1) is 23.0 Å². The highest BCUT2D eigenvalue weighted by Gasteiger charge is 2.12. The third kappa shape index (κ3) is 5.28. The molecule has 1 aromatic carbocycles. The Balaban J connectivity index is 2.57. The van der Waals surface area contributed by atoms with Crippen LogP contribution in [0.1, 0.15) is 35.7 Å². The Bertz CT molecular complexity index is 491. The fourth-order valence-electron chi connectivity index (χ4n) is 1.83. The van der Waals surface area contributed by atoms with E-state index in [9.17, 15) is 14.9 Å². The molecule has 1 atom stereocenters. The molecule has 0 spiro atoms. The number of nitrogens with zero attached hydrogens (tertiary/aromatic N) is 1. The number of non-ortho nitro benzene ring substituents is 1.